The van der Waals surface area contributed by atoms with Crippen molar-refractivity contribution in [1.29, 1.82) is 0 Å². The van der Waals surface area contributed by atoms with E-state index >= 15 is 0 Å². The normalized spacial score (nSPS) is 19.7. The van der Waals surface area contributed by atoms with Crippen molar-refractivity contribution in [3.05, 3.63) is 36.4 Å². The molecule has 0 aliphatic carbocycles. The molecule has 5 heterocycles. The molecule has 0 spiro atoms. The van der Waals surface area contributed by atoms with Crippen molar-refractivity contribution in [2.75, 3.05) is 61.1 Å². The van der Waals surface area contributed by atoms with E-state index in [0.29, 0.717) is 6.04 Å². The molecule has 0 amide bonds. The minimum atomic E-state index is 0.00224. The number of anilines is 3. The van der Waals surface area contributed by atoms with Crippen molar-refractivity contribution in [1.82, 2.24) is 24.6 Å². The number of aromatic nitrogens is 5. The lowest BCUT2D eigenvalue weighted by molar-refractivity contribution is 0.122. The average Bonchev–Trinajstić information content (AvgIpc) is 3.46. The van der Waals surface area contributed by atoms with Crippen molar-refractivity contribution >= 4 is 23.1 Å². The first-order valence-corrected chi connectivity index (χ1v) is 11.4. The fraction of sp³-hybridized carbons (Fsp3) is 0.565. The van der Waals surface area contributed by atoms with E-state index in [0.717, 1.165) is 74.6 Å². The highest BCUT2D eigenvalue weighted by Crippen LogP contribution is 2.30. The first-order chi connectivity index (χ1) is 15.4. The number of morpholine rings is 1. The van der Waals surface area contributed by atoms with Crippen LogP contribution < -0.4 is 14.7 Å². The monoisotopic (exact) mass is 436 g/mol. The van der Waals surface area contributed by atoms with Crippen LogP contribution in [0.2, 0.25) is 0 Å². The summed E-state index contributed by atoms with van der Waals surface area (Å²) in [6.07, 6.45) is 6.69. The summed E-state index contributed by atoms with van der Waals surface area (Å²) in [5, 5.41) is 4.78. The number of fused-ring (bicyclic) bond motifs is 1. The second-order valence-electron chi connectivity index (χ2n) is 9.67. The molecular weight excluding hydrogens is 404 g/mol. The predicted molar refractivity (Wildman–Crippen MR) is 126 cm³/mol. The second kappa shape index (κ2) is 8.20. The molecule has 9 heteroatoms. The summed E-state index contributed by atoms with van der Waals surface area (Å²) in [7, 11) is 2.13. The highest BCUT2D eigenvalue weighted by Gasteiger charge is 2.30. The Kier molecular flexibility index (Phi) is 5.36. The van der Waals surface area contributed by atoms with E-state index in [4.69, 9.17) is 19.8 Å². The molecule has 9 nitrogen and oxygen atoms in total. The summed E-state index contributed by atoms with van der Waals surface area (Å²) in [5.74, 6) is 2.75. The Morgan fingerprint density at radius 3 is 2.66 bits per heavy atom. The molecule has 170 valence electrons. The summed E-state index contributed by atoms with van der Waals surface area (Å²) in [4.78, 5) is 20.9. The average molecular weight is 437 g/mol. The van der Waals surface area contributed by atoms with Gasteiger partial charge in [0.1, 0.15) is 11.3 Å². The van der Waals surface area contributed by atoms with E-state index < -0.39 is 0 Å². The molecule has 2 aliphatic heterocycles. The van der Waals surface area contributed by atoms with Gasteiger partial charge < -0.3 is 19.4 Å². The quantitative estimate of drug-likeness (QED) is 0.617. The van der Waals surface area contributed by atoms with Crippen LogP contribution in [0, 0.1) is 0 Å². The van der Waals surface area contributed by atoms with Gasteiger partial charge in [0, 0.05) is 63.3 Å². The lowest BCUT2D eigenvalue weighted by Crippen LogP contribution is -2.38. The number of ether oxygens (including phenoxy) is 1. The number of likely N-dealkylation sites (N-methyl/N-ethyl adjacent to an activating group) is 1. The predicted octanol–water partition coefficient (Wildman–Crippen LogP) is 2.37. The van der Waals surface area contributed by atoms with E-state index in [2.05, 4.69) is 53.6 Å². The van der Waals surface area contributed by atoms with Crippen molar-refractivity contribution in [2.45, 2.75) is 38.6 Å². The van der Waals surface area contributed by atoms with Crippen LogP contribution in [0.15, 0.2) is 30.7 Å². The Morgan fingerprint density at radius 2 is 1.88 bits per heavy atom. The maximum atomic E-state index is 5.46. The summed E-state index contributed by atoms with van der Waals surface area (Å²) < 4.78 is 7.42. The van der Waals surface area contributed by atoms with Crippen LogP contribution in [-0.4, -0.2) is 77.0 Å². The van der Waals surface area contributed by atoms with E-state index in [1.807, 2.05) is 29.2 Å². The maximum absolute atomic E-state index is 5.46. The summed E-state index contributed by atoms with van der Waals surface area (Å²) >= 11 is 0. The molecule has 2 saturated heterocycles. The number of rotatable bonds is 4. The van der Waals surface area contributed by atoms with Crippen molar-refractivity contribution in [3.63, 3.8) is 0 Å². The highest BCUT2D eigenvalue weighted by atomic mass is 16.5. The molecule has 0 aromatic carbocycles. The van der Waals surface area contributed by atoms with Crippen LogP contribution >= 0.6 is 0 Å². The molecule has 2 aliphatic rings. The smallest absolute Gasteiger partial charge is 0.227 e. The Morgan fingerprint density at radius 1 is 1.06 bits per heavy atom. The summed E-state index contributed by atoms with van der Waals surface area (Å²) in [6.45, 7) is 11.6. The molecule has 2 fully saturated rings. The molecule has 3 aromatic rings. The number of hydrogen-bond donors (Lipinski definition) is 0. The van der Waals surface area contributed by atoms with Gasteiger partial charge in [0.25, 0.3) is 0 Å². The lowest BCUT2D eigenvalue weighted by Gasteiger charge is -2.29. The molecule has 3 aromatic heterocycles. The Labute approximate surface area is 189 Å². The Bertz CT molecular complexity index is 1090. The van der Waals surface area contributed by atoms with Crippen LogP contribution in [0.1, 0.15) is 32.9 Å². The van der Waals surface area contributed by atoms with Gasteiger partial charge in [-0.05, 0) is 18.6 Å². The maximum Gasteiger partial charge on any atom is 0.227 e. The first kappa shape index (κ1) is 20.9. The zero-order chi connectivity index (χ0) is 22.3. The van der Waals surface area contributed by atoms with Gasteiger partial charge >= 0.3 is 0 Å². The fourth-order valence-corrected chi connectivity index (χ4v) is 4.41. The zero-order valence-electron chi connectivity index (χ0n) is 19.4. The van der Waals surface area contributed by atoms with Crippen LogP contribution in [0.4, 0.5) is 17.6 Å². The van der Waals surface area contributed by atoms with Crippen molar-refractivity contribution in [2.24, 2.45) is 0 Å². The third-order valence-electron chi connectivity index (χ3n) is 6.43. The van der Waals surface area contributed by atoms with Crippen molar-refractivity contribution in [3.8, 4) is 0 Å². The van der Waals surface area contributed by atoms with E-state index in [-0.39, 0.29) is 5.41 Å². The van der Waals surface area contributed by atoms with Crippen LogP contribution in [0.3, 0.4) is 0 Å². The molecule has 0 N–H and O–H groups in total. The molecule has 1 unspecified atom stereocenters. The first-order valence-electron chi connectivity index (χ1n) is 11.4. The summed E-state index contributed by atoms with van der Waals surface area (Å²) in [5.41, 5.74) is 2.15. The minimum Gasteiger partial charge on any atom is -0.378 e. The van der Waals surface area contributed by atoms with Gasteiger partial charge in [0.05, 0.1) is 18.9 Å². The molecule has 1 atom stereocenters. The van der Waals surface area contributed by atoms with Gasteiger partial charge in [-0.3, -0.25) is 0 Å². The lowest BCUT2D eigenvalue weighted by atomic mass is 9.92. The third-order valence-corrected chi connectivity index (χ3v) is 6.43. The topological polar surface area (TPSA) is 74.9 Å². The molecule has 0 radical (unpaired) electrons. The Balaban J connectivity index is 1.34. The standard InChI is InChI=1S/C23H32N8O/c1-23(2,3)19-15-18-21(24-8-10-31(18)27-19)30-9-6-17(16-30)28(4)20-5-7-25-22(26-20)29-11-13-32-14-12-29/h5,7-8,10,15,17H,6,9,11-14,16H2,1-4H3. The third kappa shape index (κ3) is 3.97. The second-order valence-corrected chi connectivity index (χ2v) is 9.67. The van der Waals surface area contributed by atoms with E-state index in [1.54, 1.807) is 0 Å². The van der Waals surface area contributed by atoms with Gasteiger partial charge in [-0.25, -0.2) is 14.5 Å². The molecule has 0 saturated carbocycles. The number of hydrogen-bond acceptors (Lipinski definition) is 8. The van der Waals surface area contributed by atoms with Crippen LogP contribution in [0.25, 0.3) is 5.52 Å². The van der Waals surface area contributed by atoms with Gasteiger partial charge in [-0.1, -0.05) is 20.8 Å². The van der Waals surface area contributed by atoms with Crippen LogP contribution in [0.5, 0.6) is 0 Å². The van der Waals surface area contributed by atoms with Gasteiger partial charge in [-0.15, -0.1) is 0 Å². The molecule has 5 rings (SSSR count). The van der Waals surface area contributed by atoms with E-state index in [9.17, 15) is 0 Å². The number of nitrogens with zero attached hydrogens (tertiary/aromatic N) is 8. The SMILES string of the molecule is CN(c1ccnc(N2CCOCC2)n1)C1CCN(c2nccn3nc(C(C)(C)C)cc23)C1. The fourth-order valence-electron chi connectivity index (χ4n) is 4.41. The molecule has 0 bridgehead atoms. The van der Waals surface area contributed by atoms with Gasteiger partial charge in [0.2, 0.25) is 5.95 Å². The highest BCUT2D eigenvalue weighted by molar-refractivity contribution is 5.70. The van der Waals surface area contributed by atoms with Crippen molar-refractivity contribution < 1.29 is 4.74 Å². The largest absolute Gasteiger partial charge is 0.378 e. The summed E-state index contributed by atoms with van der Waals surface area (Å²) in [6, 6.07) is 4.53. The zero-order valence-corrected chi connectivity index (χ0v) is 19.4. The van der Waals surface area contributed by atoms with Gasteiger partial charge in [-0.2, -0.15) is 10.1 Å². The van der Waals surface area contributed by atoms with Crippen LogP contribution in [-0.2, 0) is 10.2 Å². The van der Waals surface area contributed by atoms with Gasteiger partial charge in [0.15, 0.2) is 5.82 Å². The molecule has 32 heavy (non-hydrogen) atoms. The van der Waals surface area contributed by atoms with E-state index in [1.165, 1.54) is 0 Å². The minimum absolute atomic E-state index is 0.00224. The Hall–Kier alpha value is -2.94. The molecular formula is C23H32N8O.